The molecule has 0 unspecified atom stereocenters. The second-order valence-corrected chi connectivity index (χ2v) is 6.59. The molecule has 0 aliphatic carbocycles. The van der Waals surface area contributed by atoms with Gasteiger partial charge in [0.25, 0.3) is 0 Å². The van der Waals surface area contributed by atoms with Crippen molar-refractivity contribution in [2.75, 3.05) is 0 Å². The van der Waals surface area contributed by atoms with Crippen LogP contribution in [0.3, 0.4) is 0 Å². The largest absolute Gasteiger partial charge is 0.238 e. The highest BCUT2D eigenvalue weighted by Gasteiger charge is 2.03. The van der Waals surface area contributed by atoms with Crippen LogP contribution >= 0.6 is 11.5 Å². The van der Waals surface area contributed by atoms with Crippen molar-refractivity contribution in [2.45, 2.75) is 11.3 Å². The highest BCUT2D eigenvalue weighted by atomic mass is 32.2. The Morgan fingerprint density at radius 2 is 1.55 bits per heavy atom. The summed E-state index contributed by atoms with van der Waals surface area (Å²) in [5, 5.41) is 10.8. The fourth-order valence-electron chi connectivity index (χ4n) is 1.68. The summed E-state index contributed by atoms with van der Waals surface area (Å²) in [6.45, 7) is 0. The van der Waals surface area contributed by atoms with Crippen molar-refractivity contribution in [3.63, 3.8) is 0 Å². The van der Waals surface area contributed by atoms with Crippen LogP contribution in [-0.2, 0) is 16.4 Å². The Balaban J connectivity index is 0.000000164. The van der Waals surface area contributed by atoms with Gasteiger partial charge in [-0.25, -0.2) is 13.6 Å². The number of hydrogen-bond acceptors (Lipinski definition) is 5. The predicted octanol–water partition coefficient (Wildman–Crippen LogP) is 2.46. The summed E-state index contributed by atoms with van der Waals surface area (Å²) in [7, 11) is -3.50. The van der Waals surface area contributed by atoms with Crippen molar-refractivity contribution in [1.29, 1.82) is 0 Å². The van der Waals surface area contributed by atoms with E-state index in [0.717, 1.165) is 12.1 Å². The maximum Gasteiger partial charge on any atom is 0.238 e. The summed E-state index contributed by atoms with van der Waals surface area (Å²) in [5.74, 6) is 0. The Labute approximate surface area is 133 Å². The van der Waals surface area contributed by atoms with Crippen molar-refractivity contribution < 1.29 is 8.42 Å². The zero-order chi connectivity index (χ0) is 15.8. The van der Waals surface area contributed by atoms with E-state index in [2.05, 4.69) is 21.7 Å². The first-order valence-corrected chi connectivity index (χ1v) is 8.82. The summed E-state index contributed by atoms with van der Waals surface area (Å²) in [4.78, 5) is 0.148. The second-order valence-electron chi connectivity index (χ2n) is 4.42. The average molecular weight is 333 g/mol. The lowest BCUT2D eigenvalue weighted by atomic mass is 10.1. The molecule has 0 radical (unpaired) electrons. The molecule has 3 rings (SSSR count). The molecule has 0 aliphatic heterocycles. The minimum atomic E-state index is -3.50. The fraction of sp³-hybridized carbons (Fsp3) is 0.0667. The summed E-state index contributed by atoms with van der Waals surface area (Å²) < 4.78 is 25.0. The van der Waals surface area contributed by atoms with Gasteiger partial charge in [0.2, 0.25) is 10.0 Å². The van der Waals surface area contributed by atoms with Crippen LogP contribution in [0.25, 0.3) is 0 Å². The van der Waals surface area contributed by atoms with Crippen LogP contribution in [0.5, 0.6) is 0 Å². The van der Waals surface area contributed by atoms with Crippen LogP contribution in [0, 0.1) is 0 Å². The Morgan fingerprint density at radius 3 is 2.00 bits per heavy atom. The Morgan fingerprint density at radius 1 is 0.955 bits per heavy atom. The third-order valence-corrected chi connectivity index (χ3v) is 4.19. The van der Waals surface area contributed by atoms with Crippen molar-refractivity contribution in [2.24, 2.45) is 5.14 Å². The smallest absolute Gasteiger partial charge is 0.225 e. The van der Waals surface area contributed by atoms with Crippen molar-refractivity contribution >= 4 is 21.6 Å². The van der Waals surface area contributed by atoms with Gasteiger partial charge in [0.15, 0.2) is 0 Å². The SMILES string of the molecule is NS(=O)(=O)c1ccccc1.c1ccc(Cc2csnn2)cc1. The normalized spacial score (nSPS) is 10.6. The van der Waals surface area contributed by atoms with E-state index >= 15 is 0 Å². The van der Waals surface area contributed by atoms with Crippen LogP contribution in [0.1, 0.15) is 11.3 Å². The highest BCUT2D eigenvalue weighted by molar-refractivity contribution is 7.89. The van der Waals surface area contributed by atoms with E-state index in [1.807, 2.05) is 23.6 Å². The molecule has 2 N–H and O–H groups in total. The first kappa shape index (κ1) is 16.3. The number of aromatic nitrogens is 2. The molecule has 0 atom stereocenters. The first-order valence-electron chi connectivity index (χ1n) is 6.43. The standard InChI is InChI=1S/C9H8N2S.C6H7NO2S/c1-2-4-8(5-3-1)6-9-7-12-11-10-9;7-10(8,9)6-4-2-1-3-5-6/h1-5,7H,6H2;1-5H,(H2,7,8,9). The lowest BCUT2D eigenvalue weighted by Crippen LogP contribution is -2.11. The maximum absolute atomic E-state index is 10.6. The van der Waals surface area contributed by atoms with E-state index in [0.29, 0.717) is 0 Å². The number of rotatable bonds is 3. The molecular weight excluding hydrogens is 318 g/mol. The van der Waals surface area contributed by atoms with Crippen molar-refractivity contribution in [3.05, 3.63) is 77.3 Å². The fourth-order valence-corrected chi connectivity index (χ4v) is 2.66. The first-order chi connectivity index (χ1) is 10.6. The molecule has 0 bridgehead atoms. The van der Waals surface area contributed by atoms with Gasteiger partial charge in [-0.05, 0) is 29.2 Å². The molecule has 7 heteroatoms. The molecular formula is C15H15N3O2S2. The lowest BCUT2D eigenvalue weighted by molar-refractivity contribution is 0.598. The molecule has 0 fully saturated rings. The van der Waals surface area contributed by atoms with E-state index in [1.54, 1.807) is 18.2 Å². The van der Waals surface area contributed by atoms with Crippen molar-refractivity contribution in [3.8, 4) is 0 Å². The average Bonchev–Trinajstić information content (AvgIpc) is 3.02. The van der Waals surface area contributed by atoms with Gasteiger partial charge in [-0.15, -0.1) is 5.10 Å². The van der Waals surface area contributed by atoms with Gasteiger partial charge in [-0.1, -0.05) is 53.0 Å². The molecule has 0 saturated heterocycles. The zero-order valence-corrected chi connectivity index (χ0v) is 13.3. The zero-order valence-electron chi connectivity index (χ0n) is 11.7. The van der Waals surface area contributed by atoms with E-state index in [1.165, 1.54) is 29.2 Å². The number of hydrogen-bond donors (Lipinski definition) is 1. The Bertz CT molecular complexity index is 774. The number of nitrogens with two attached hydrogens (primary N) is 1. The quantitative estimate of drug-likeness (QED) is 0.798. The van der Waals surface area contributed by atoms with Crippen LogP contribution < -0.4 is 5.14 Å². The molecule has 2 aromatic carbocycles. The highest BCUT2D eigenvalue weighted by Crippen LogP contribution is 2.07. The van der Waals surface area contributed by atoms with Crippen LogP contribution in [0.2, 0.25) is 0 Å². The third kappa shape index (κ3) is 5.36. The van der Waals surface area contributed by atoms with E-state index in [9.17, 15) is 8.42 Å². The van der Waals surface area contributed by atoms with Crippen LogP contribution in [0.4, 0.5) is 0 Å². The minimum Gasteiger partial charge on any atom is -0.225 e. The molecule has 3 aromatic rings. The van der Waals surface area contributed by atoms with Gasteiger partial charge in [-0.3, -0.25) is 0 Å². The molecule has 0 aliphatic rings. The molecule has 0 saturated carbocycles. The molecule has 0 amide bonds. The van der Waals surface area contributed by atoms with Crippen molar-refractivity contribution in [1.82, 2.24) is 9.59 Å². The molecule has 5 nitrogen and oxygen atoms in total. The van der Waals surface area contributed by atoms with Gasteiger partial charge in [0.1, 0.15) is 0 Å². The lowest BCUT2D eigenvalue weighted by Gasteiger charge is -1.94. The summed E-state index contributed by atoms with van der Waals surface area (Å²) in [6.07, 6.45) is 0.886. The number of sulfonamides is 1. The van der Waals surface area contributed by atoms with Crippen LogP contribution in [-0.4, -0.2) is 18.0 Å². The number of benzene rings is 2. The number of nitrogens with zero attached hydrogens (tertiary/aromatic N) is 2. The van der Waals surface area contributed by atoms with Gasteiger partial charge in [-0.2, -0.15) is 0 Å². The molecule has 0 spiro atoms. The molecule has 1 heterocycles. The molecule has 22 heavy (non-hydrogen) atoms. The van der Waals surface area contributed by atoms with E-state index in [4.69, 9.17) is 5.14 Å². The predicted molar refractivity (Wildman–Crippen MR) is 87.0 cm³/mol. The Kier molecular flexibility index (Phi) is 5.76. The number of primary sulfonamides is 1. The van der Waals surface area contributed by atoms with E-state index < -0.39 is 10.0 Å². The molecule has 1 aromatic heterocycles. The maximum atomic E-state index is 10.6. The minimum absolute atomic E-state index is 0.148. The second kappa shape index (κ2) is 7.79. The summed E-state index contributed by atoms with van der Waals surface area (Å²) >= 11 is 1.40. The third-order valence-electron chi connectivity index (χ3n) is 2.70. The monoisotopic (exact) mass is 333 g/mol. The van der Waals surface area contributed by atoms with Gasteiger partial charge < -0.3 is 0 Å². The van der Waals surface area contributed by atoms with Gasteiger partial charge in [0.05, 0.1) is 10.6 Å². The molecule has 114 valence electrons. The van der Waals surface area contributed by atoms with E-state index in [-0.39, 0.29) is 4.90 Å². The van der Waals surface area contributed by atoms with Gasteiger partial charge in [0, 0.05) is 11.8 Å². The summed E-state index contributed by atoms with van der Waals surface area (Å²) in [6, 6.07) is 18.2. The van der Waals surface area contributed by atoms with Crippen LogP contribution in [0.15, 0.2) is 70.9 Å². The summed E-state index contributed by atoms with van der Waals surface area (Å²) in [5.41, 5.74) is 2.33. The Hall–Kier alpha value is -2.09. The van der Waals surface area contributed by atoms with Gasteiger partial charge >= 0.3 is 0 Å². The topological polar surface area (TPSA) is 85.9 Å².